The van der Waals surface area contributed by atoms with Crippen LogP contribution in [0.15, 0.2) is 91.0 Å². The first-order valence-corrected chi connectivity index (χ1v) is 16.9. The average Bonchev–Trinajstić information content (AvgIpc) is 3.44. The van der Waals surface area contributed by atoms with Gasteiger partial charge in [-0.1, -0.05) is 67.6 Å². The summed E-state index contributed by atoms with van der Waals surface area (Å²) in [6, 6.07) is 29.1. The lowest BCUT2D eigenvalue weighted by molar-refractivity contribution is -0.136. The molecule has 0 bridgehead atoms. The third-order valence-corrected chi connectivity index (χ3v) is 9.87. The van der Waals surface area contributed by atoms with Crippen LogP contribution in [-0.4, -0.2) is 64.8 Å². The number of piperidine rings is 1. The van der Waals surface area contributed by atoms with E-state index in [1.807, 2.05) is 24.3 Å². The Kier molecular flexibility index (Phi) is 9.01. The van der Waals surface area contributed by atoms with Gasteiger partial charge in [0.05, 0.1) is 5.56 Å². The maximum atomic E-state index is 15.3. The van der Waals surface area contributed by atoms with Crippen molar-refractivity contribution in [3.63, 3.8) is 0 Å². The van der Waals surface area contributed by atoms with Crippen molar-refractivity contribution in [2.75, 3.05) is 31.1 Å². The number of rotatable bonds is 8. The molecule has 3 heterocycles. The predicted molar refractivity (Wildman–Crippen MR) is 187 cm³/mol. The van der Waals surface area contributed by atoms with Gasteiger partial charge in [-0.25, -0.2) is 4.39 Å². The Balaban J connectivity index is 1.03. The molecular formula is C40H39FN4O4. The Morgan fingerprint density at radius 2 is 1.53 bits per heavy atom. The van der Waals surface area contributed by atoms with Crippen molar-refractivity contribution in [3.05, 3.63) is 130 Å². The fourth-order valence-electron chi connectivity index (χ4n) is 7.38. The lowest BCUT2D eigenvalue weighted by Crippen LogP contribution is -2.52. The largest absolute Gasteiger partial charge is 0.508 e. The minimum atomic E-state index is -0.768. The summed E-state index contributed by atoms with van der Waals surface area (Å²) in [5.74, 6) is -1.67. The van der Waals surface area contributed by atoms with Gasteiger partial charge in [-0.2, -0.15) is 0 Å². The zero-order chi connectivity index (χ0) is 34.1. The molecule has 250 valence electrons. The highest BCUT2D eigenvalue weighted by Crippen LogP contribution is 2.36. The lowest BCUT2D eigenvalue weighted by Gasteiger charge is -2.36. The van der Waals surface area contributed by atoms with E-state index >= 15 is 4.39 Å². The van der Waals surface area contributed by atoms with E-state index in [-0.39, 0.29) is 36.6 Å². The monoisotopic (exact) mass is 658 g/mol. The van der Waals surface area contributed by atoms with Crippen molar-refractivity contribution in [1.82, 2.24) is 15.1 Å². The Morgan fingerprint density at radius 3 is 2.18 bits per heavy atom. The van der Waals surface area contributed by atoms with Gasteiger partial charge in [-0.15, -0.1) is 0 Å². The number of carbonyl (C=O) groups excluding carboxylic acids is 3. The molecule has 1 unspecified atom stereocenters. The van der Waals surface area contributed by atoms with Gasteiger partial charge in [0.15, 0.2) is 0 Å². The molecule has 9 heteroatoms. The third kappa shape index (κ3) is 6.58. The van der Waals surface area contributed by atoms with Gasteiger partial charge in [-0.05, 0) is 82.1 Å². The number of hydrogen-bond acceptors (Lipinski definition) is 6. The van der Waals surface area contributed by atoms with Gasteiger partial charge >= 0.3 is 0 Å². The summed E-state index contributed by atoms with van der Waals surface area (Å²) in [6.07, 6.45) is 1.26. The molecule has 3 amide bonds. The first-order chi connectivity index (χ1) is 23.8. The first-order valence-electron chi connectivity index (χ1n) is 16.9. The van der Waals surface area contributed by atoms with Crippen LogP contribution >= 0.6 is 0 Å². The molecule has 0 saturated carbocycles. The maximum Gasteiger partial charge on any atom is 0.258 e. The number of aromatic hydroxyl groups is 1. The molecular weight excluding hydrogens is 619 g/mol. The summed E-state index contributed by atoms with van der Waals surface area (Å²) in [5, 5.41) is 12.2. The smallest absolute Gasteiger partial charge is 0.258 e. The molecule has 8 nitrogen and oxygen atoms in total. The summed E-state index contributed by atoms with van der Waals surface area (Å²) in [4.78, 5) is 43.1. The standard InChI is InChI=1S/C40H39FN4O4/c1-2-33(27-6-4-3-5-7-27)37(29-10-14-32(46)15-11-29)28-8-12-31(13-9-28)44-20-18-43(19-21-44)24-26-22-30-25-45(40(49)38(30)34(41)23-26)35-16-17-36(47)42-39(35)48/h3-15,22-23,35,46H,2,16-21,24-25H2,1H3,(H,42,47,48)/b37-33+. The van der Waals surface area contributed by atoms with Crippen LogP contribution in [0.4, 0.5) is 10.1 Å². The zero-order valence-corrected chi connectivity index (χ0v) is 27.5. The molecule has 3 aliphatic heterocycles. The molecule has 49 heavy (non-hydrogen) atoms. The van der Waals surface area contributed by atoms with E-state index in [1.54, 1.807) is 12.1 Å². The number of phenols is 1. The van der Waals surface area contributed by atoms with Crippen LogP contribution in [0.5, 0.6) is 5.75 Å². The molecule has 0 aliphatic carbocycles. The Bertz CT molecular complexity index is 1920. The highest BCUT2D eigenvalue weighted by atomic mass is 19.1. The van der Waals surface area contributed by atoms with E-state index < -0.39 is 23.7 Å². The third-order valence-electron chi connectivity index (χ3n) is 9.87. The van der Waals surface area contributed by atoms with Crippen LogP contribution in [0.2, 0.25) is 0 Å². The van der Waals surface area contributed by atoms with Crippen LogP contribution in [-0.2, 0) is 22.7 Å². The second-order valence-electron chi connectivity index (χ2n) is 12.9. The Labute approximate surface area is 285 Å². The van der Waals surface area contributed by atoms with Gasteiger partial charge in [-0.3, -0.25) is 24.6 Å². The fourth-order valence-corrected chi connectivity index (χ4v) is 7.38. The number of amides is 3. The summed E-state index contributed by atoms with van der Waals surface area (Å²) in [7, 11) is 0. The first kappa shape index (κ1) is 32.3. The summed E-state index contributed by atoms with van der Waals surface area (Å²) in [5.41, 5.74) is 8.28. The van der Waals surface area contributed by atoms with Gasteiger partial charge in [0, 0.05) is 51.4 Å². The molecule has 2 fully saturated rings. The number of phenolic OH excluding ortho intramolecular Hbond substituents is 1. The molecule has 2 saturated heterocycles. The van der Waals surface area contributed by atoms with Crippen molar-refractivity contribution in [2.45, 2.75) is 45.3 Å². The second kappa shape index (κ2) is 13.7. The normalized spacial score (nSPS) is 18.7. The predicted octanol–water partition coefficient (Wildman–Crippen LogP) is 5.98. The fraction of sp³-hybridized carbons (Fsp3) is 0.275. The maximum absolute atomic E-state index is 15.3. The van der Waals surface area contributed by atoms with E-state index in [2.05, 4.69) is 70.6 Å². The number of anilines is 1. The molecule has 4 aromatic rings. The number of imide groups is 1. The Morgan fingerprint density at radius 1 is 0.857 bits per heavy atom. The number of nitrogens with zero attached hydrogens (tertiary/aromatic N) is 3. The number of piperazine rings is 1. The van der Waals surface area contributed by atoms with E-state index in [9.17, 15) is 19.5 Å². The summed E-state index contributed by atoms with van der Waals surface area (Å²) in [6.45, 7) is 6.12. The molecule has 0 spiro atoms. The van der Waals surface area contributed by atoms with Crippen LogP contribution in [0.3, 0.4) is 0 Å². The van der Waals surface area contributed by atoms with E-state index in [0.717, 1.165) is 60.6 Å². The van der Waals surface area contributed by atoms with E-state index in [0.29, 0.717) is 12.1 Å². The van der Waals surface area contributed by atoms with Crippen LogP contribution < -0.4 is 10.2 Å². The van der Waals surface area contributed by atoms with Gasteiger partial charge < -0.3 is 14.9 Å². The van der Waals surface area contributed by atoms with Crippen molar-refractivity contribution >= 4 is 34.6 Å². The minimum absolute atomic E-state index is 0.0277. The van der Waals surface area contributed by atoms with Crippen molar-refractivity contribution in [2.24, 2.45) is 0 Å². The summed E-state index contributed by atoms with van der Waals surface area (Å²) >= 11 is 0. The molecule has 3 aliphatic rings. The Hall–Kier alpha value is -5.28. The van der Waals surface area contributed by atoms with Crippen LogP contribution in [0, 0.1) is 5.82 Å². The number of nitrogens with one attached hydrogen (secondary N) is 1. The lowest BCUT2D eigenvalue weighted by atomic mass is 9.88. The molecule has 4 aromatic carbocycles. The number of hydrogen-bond donors (Lipinski definition) is 2. The van der Waals surface area contributed by atoms with Crippen molar-refractivity contribution < 1.29 is 23.9 Å². The number of allylic oxidation sites excluding steroid dienone is 1. The summed E-state index contributed by atoms with van der Waals surface area (Å²) < 4.78 is 15.3. The molecule has 1 atom stereocenters. The molecule has 0 aromatic heterocycles. The van der Waals surface area contributed by atoms with E-state index in [1.165, 1.54) is 22.1 Å². The van der Waals surface area contributed by atoms with Gasteiger partial charge in [0.1, 0.15) is 17.6 Å². The molecule has 0 radical (unpaired) electrons. The van der Waals surface area contributed by atoms with Crippen LogP contribution in [0.1, 0.15) is 64.4 Å². The zero-order valence-electron chi connectivity index (χ0n) is 27.5. The van der Waals surface area contributed by atoms with Gasteiger partial charge in [0.25, 0.3) is 5.91 Å². The SMILES string of the molecule is CC/C(=C(\c1ccc(O)cc1)c1ccc(N2CCN(Cc3cc(F)c4c(c3)CN(C3CCC(=O)NC3=O)C4=O)CC2)cc1)c1ccccc1. The highest BCUT2D eigenvalue weighted by molar-refractivity contribution is 6.05. The second-order valence-corrected chi connectivity index (χ2v) is 12.9. The highest BCUT2D eigenvalue weighted by Gasteiger charge is 2.40. The van der Waals surface area contributed by atoms with Gasteiger partial charge in [0.2, 0.25) is 11.8 Å². The number of carbonyl (C=O) groups is 3. The van der Waals surface area contributed by atoms with Crippen molar-refractivity contribution in [1.29, 1.82) is 0 Å². The minimum Gasteiger partial charge on any atom is -0.508 e. The quantitative estimate of drug-likeness (QED) is 0.179. The van der Waals surface area contributed by atoms with E-state index in [4.69, 9.17) is 0 Å². The van der Waals surface area contributed by atoms with Crippen molar-refractivity contribution in [3.8, 4) is 5.75 Å². The topological polar surface area (TPSA) is 93.2 Å². The molecule has 7 rings (SSSR count). The number of benzene rings is 4. The average molecular weight is 659 g/mol. The number of halogens is 1. The van der Waals surface area contributed by atoms with Crippen LogP contribution in [0.25, 0.3) is 11.1 Å². The molecule has 2 N–H and O–H groups in total. The number of fused-ring (bicyclic) bond motifs is 1.